The van der Waals surface area contributed by atoms with E-state index in [2.05, 4.69) is 37.4 Å². The molecule has 0 saturated carbocycles. The number of nitrogens with zero attached hydrogens (tertiary/aromatic N) is 3. The number of aromatic amines is 1. The molecule has 20 heavy (non-hydrogen) atoms. The Bertz CT molecular complexity index is 727. The van der Waals surface area contributed by atoms with Crippen molar-refractivity contribution in [1.29, 1.82) is 0 Å². The van der Waals surface area contributed by atoms with E-state index in [1.165, 1.54) is 0 Å². The summed E-state index contributed by atoms with van der Waals surface area (Å²) in [6, 6.07) is 3.94. The van der Waals surface area contributed by atoms with Crippen molar-refractivity contribution in [1.82, 2.24) is 14.5 Å². The molecule has 0 atom stereocenters. The van der Waals surface area contributed by atoms with Crippen LogP contribution in [0.2, 0.25) is 5.02 Å². The summed E-state index contributed by atoms with van der Waals surface area (Å²) in [5.74, 6) is 8.38. The highest BCUT2D eigenvalue weighted by Crippen LogP contribution is 2.31. The second-order valence-electron chi connectivity index (χ2n) is 5.39. The van der Waals surface area contributed by atoms with Crippen molar-refractivity contribution in [2.75, 3.05) is 37.3 Å². The van der Waals surface area contributed by atoms with E-state index < -0.39 is 9.39 Å². The van der Waals surface area contributed by atoms with Crippen LogP contribution in [0.5, 0.6) is 0 Å². The molecule has 0 spiro atoms. The number of anilines is 1. The molecule has 6 heteroatoms. The van der Waals surface area contributed by atoms with E-state index in [0.29, 0.717) is 0 Å². The summed E-state index contributed by atoms with van der Waals surface area (Å²) >= 11 is 6.20. The van der Waals surface area contributed by atoms with Crippen LogP contribution in [0.25, 0.3) is 10.9 Å². The van der Waals surface area contributed by atoms with Crippen LogP contribution in [-0.4, -0.2) is 58.7 Å². The molecule has 0 unspecified atom stereocenters. The predicted octanol–water partition coefficient (Wildman–Crippen LogP) is 2.55. The van der Waals surface area contributed by atoms with Gasteiger partial charge >= 0.3 is 0 Å². The van der Waals surface area contributed by atoms with Crippen LogP contribution in [0.3, 0.4) is 0 Å². The van der Waals surface area contributed by atoms with E-state index in [9.17, 15) is 0 Å². The molecule has 0 radical (unpaired) electrons. The van der Waals surface area contributed by atoms with Crippen molar-refractivity contribution >= 4 is 49.3 Å². The van der Waals surface area contributed by atoms with Crippen LogP contribution in [-0.2, 0) is 0 Å². The molecule has 3 rings (SSSR count). The third-order valence-electron chi connectivity index (χ3n) is 3.70. The first-order valence-electron chi connectivity index (χ1n) is 6.52. The summed E-state index contributed by atoms with van der Waals surface area (Å²) < 4.78 is 2.39. The summed E-state index contributed by atoms with van der Waals surface area (Å²) in [5.41, 5.74) is 2.14. The number of rotatable bonds is 2. The zero-order chi connectivity index (χ0) is 14.3. The maximum absolute atomic E-state index is 6.20. The van der Waals surface area contributed by atoms with Crippen molar-refractivity contribution in [3.63, 3.8) is 0 Å². The minimum Gasteiger partial charge on any atom is -0.368 e. The quantitative estimate of drug-likeness (QED) is 0.866. The largest absolute Gasteiger partial charge is 0.368 e. The van der Waals surface area contributed by atoms with Gasteiger partial charge in [0.2, 0.25) is 0 Å². The van der Waals surface area contributed by atoms with Gasteiger partial charge < -0.3 is 4.90 Å². The maximum atomic E-state index is 6.20. The van der Waals surface area contributed by atoms with Crippen molar-refractivity contribution in [2.24, 2.45) is 0 Å². The van der Waals surface area contributed by atoms with Crippen LogP contribution >= 0.6 is 21.0 Å². The predicted molar refractivity (Wildman–Crippen MR) is 92.6 cm³/mol. The molecule has 0 bridgehead atoms. The summed E-state index contributed by atoms with van der Waals surface area (Å²) in [5, 5.41) is 8.97. The molecule has 108 valence electrons. The molecule has 1 aromatic heterocycles. The van der Waals surface area contributed by atoms with Crippen LogP contribution in [0.15, 0.2) is 18.3 Å². The molecule has 1 aromatic carbocycles. The molecule has 1 saturated heterocycles. The second-order valence-corrected chi connectivity index (χ2v) is 8.79. The summed E-state index contributed by atoms with van der Waals surface area (Å²) in [4.78, 5) is 2.37. The molecule has 0 amide bonds. The Hall–Kier alpha value is -1.17. The Morgan fingerprint density at radius 2 is 1.95 bits per heavy atom. The van der Waals surface area contributed by atoms with Gasteiger partial charge in [0.15, 0.2) is 0 Å². The number of hydrogen-bond acceptors (Lipinski definition) is 3. The van der Waals surface area contributed by atoms with Gasteiger partial charge in [-0.05, 0) is 18.4 Å². The number of halogens is 1. The van der Waals surface area contributed by atoms with Crippen molar-refractivity contribution in [2.45, 2.75) is 0 Å². The lowest BCUT2D eigenvalue weighted by molar-refractivity contribution is 0.429. The number of fused-ring (bicyclic) bond motifs is 1. The fourth-order valence-corrected chi connectivity index (χ4v) is 3.89. The molecular formula is C14H19ClN4S. The molecule has 2 aromatic rings. The van der Waals surface area contributed by atoms with E-state index in [4.69, 9.17) is 11.6 Å². The lowest BCUT2D eigenvalue weighted by Gasteiger charge is -2.38. The van der Waals surface area contributed by atoms with Crippen molar-refractivity contribution in [3.05, 3.63) is 23.4 Å². The van der Waals surface area contributed by atoms with E-state index in [-0.39, 0.29) is 0 Å². The van der Waals surface area contributed by atoms with Crippen LogP contribution in [0.1, 0.15) is 0 Å². The normalized spacial score (nSPS) is 17.8. The molecule has 1 fully saturated rings. The van der Waals surface area contributed by atoms with Gasteiger partial charge in [0.25, 0.3) is 0 Å². The number of H-pyrrole nitrogens is 1. The standard InChI is InChI=1S/C14H19ClN4S/c1-20(2,3)19-6-4-18(5-7-19)14-9-11(15)8-13-12(14)10-16-17-13/h8-10H,1-2,4-7H2,3H3,(H,16,17). The van der Waals surface area contributed by atoms with E-state index in [1.807, 2.05) is 18.3 Å². The van der Waals surface area contributed by atoms with Gasteiger partial charge in [-0.1, -0.05) is 23.3 Å². The fraction of sp³-hybridized carbons (Fsp3) is 0.357. The van der Waals surface area contributed by atoms with E-state index in [0.717, 1.165) is 47.8 Å². The summed E-state index contributed by atoms with van der Waals surface area (Å²) in [6.07, 6.45) is 4.00. The zero-order valence-corrected chi connectivity index (χ0v) is 13.2. The van der Waals surface area contributed by atoms with E-state index in [1.54, 1.807) is 0 Å². The third-order valence-corrected chi connectivity index (χ3v) is 5.53. The Labute approximate surface area is 124 Å². The highest BCUT2D eigenvalue weighted by Gasteiger charge is 2.20. The molecular weight excluding hydrogens is 292 g/mol. The summed E-state index contributed by atoms with van der Waals surface area (Å²) in [6.45, 7) is 3.91. The van der Waals surface area contributed by atoms with Gasteiger partial charge in [-0.3, -0.25) is 9.40 Å². The number of nitrogens with one attached hydrogen (secondary N) is 1. The van der Waals surface area contributed by atoms with Gasteiger partial charge in [-0.2, -0.15) is 14.5 Å². The zero-order valence-electron chi connectivity index (χ0n) is 11.6. The van der Waals surface area contributed by atoms with Crippen LogP contribution in [0, 0.1) is 0 Å². The Morgan fingerprint density at radius 1 is 1.25 bits per heavy atom. The first-order valence-corrected chi connectivity index (χ1v) is 9.24. The molecule has 0 aliphatic carbocycles. The Balaban J connectivity index is 1.89. The maximum Gasteiger partial charge on any atom is 0.0686 e. The highest BCUT2D eigenvalue weighted by atomic mass is 35.5. The third kappa shape index (κ3) is 2.53. The monoisotopic (exact) mass is 310 g/mol. The molecule has 1 aliphatic heterocycles. The van der Waals surface area contributed by atoms with Crippen molar-refractivity contribution < 1.29 is 0 Å². The molecule has 4 nitrogen and oxygen atoms in total. The van der Waals surface area contributed by atoms with Gasteiger partial charge in [0.1, 0.15) is 0 Å². The smallest absolute Gasteiger partial charge is 0.0686 e. The SMILES string of the molecule is C=S(=C)(C)N1CCN(c2cc(Cl)cc3[nH]ncc23)CC1. The first-order chi connectivity index (χ1) is 9.45. The van der Waals surface area contributed by atoms with Gasteiger partial charge in [0.05, 0.1) is 11.7 Å². The Kier molecular flexibility index (Phi) is 3.44. The van der Waals surface area contributed by atoms with Gasteiger partial charge in [-0.15, -0.1) is 0 Å². The average molecular weight is 311 g/mol. The van der Waals surface area contributed by atoms with Gasteiger partial charge in [-0.25, -0.2) is 0 Å². The molecule has 1 aliphatic rings. The van der Waals surface area contributed by atoms with Crippen molar-refractivity contribution in [3.8, 4) is 0 Å². The van der Waals surface area contributed by atoms with Crippen LogP contribution in [0.4, 0.5) is 5.69 Å². The minimum absolute atomic E-state index is 0.740. The number of hydrogen-bond donors (Lipinski definition) is 1. The fourth-order valence-electron chi connectivity index (χ4n) is 2.63. The molecule has 2 heterocycles. The second kappa shape index (κ2) is 4.98. The molecule has 1 N–H and O–H groups in total. The number of benzene rings is 1. The number of piperazine rings is 1. The summed E-state index contributed by atoms with van der Waals surface area (Å²) in [7, 11) is -1.11. The average Bonchev–Trinajstić information content (AvgIpc) is 2.85. The first kappa shape index (κ1) is 13.8. The number of aromatic nitrogens is 2. The Morgan fingerprint density at radius 3 is 2.60 bits per heavy atom. The van der Waals surface area contributed by atoms with Crippen LogP contribution < -0.4 is 4.90 Å². The topological polar surface area (TPSA) is 35.2 Å². The van der Waals surface area contributed by atoms with E-state index >= 15 is 0 Å². The lowest BCUT2D eigenvalue weighted by atomic mass is 10.2. The highest BCUT2D eigenvalue weighted by molar-refractivity contribution is 8.25. The minimum atomic E-state index is -1.11. The lowest BCUT2D eigenvalue weighted by Crippen LogP contribution is -2.44. The van der Waals surface area contributed by atoms with Gasteiger partial charge in [0, 0.05) is 42.3 Å².